The Balaban J connectivity index is 1.89. The van der Waals surface area contributed by atoms with Crippen molar-refractivity contribution >= 4 is 17.4 Å². The predicted molar refractivity (Wildman–Crippen MR) is 76.6 cm³/mol. The molecule has 0 saturated carbocycles. The van der Waals surface area contributed by atoms with Crippen LogP contribution in [0.25, 0.3) is 0 Å². The number of nitrogens with zero attached hydrogens (tertiary/aromatic N) is 2. The minimum absolute atomic E-state index is 0.0942. The van der Waals surface area contributed by atoms with Crippen LogP contribution >= 0.6 is 0 Å². The summed E-state index contributed by atoms with van der Waals surface area (Å²) in [6, 6.07) is 6.21. The molecule has 2 rings (SSSR count). The zero-order chi connectivity index (χ0) is 16.9. The quantitative estimate of drug-likeness (QED) is 0.880. The van der Waals surface area contributed by atoms with Crippen molar-refractivity contribution in [3.05, 3.63) is 47.9 Å². The van der Waals surface area contributed by atoms with Crippen LogP contribution in [0.15, 0.2) is 36.7 Å². The van der Waals surface area contributed by atoms with Gasteiger partial charge in [0.2, 0.25) is 0 Å². The lowest BCUT2D eigenvalue weighted by Gasteiger charge is -2.09. The zero-order valence-corrected chi connectivity index (χ0v) is 11.8. The van der Waals surface area contributed by atoms with Crippen molar-refractivity contribution in [1.82, 2.24) is 9.97 Å². The first kappa shape index (κ1) is 16.7. The van der Waals surface area contributed by atoms with Crippen LogP contribution in [-0.4, -0.2) is 28.7 Å². The molecule has 0 bridgehead atoms. The van der Waals surface area contributed by atoms with Crippen LogP contribution in [0.4, 0.5) is 24.7 Å². The fraction of sp³-hybridized carbons (Fsp3) is 0.214. The van der Waals surface area contributed by atoms with Gasteiger partial charge < -0.3 is 15.8 Å². The molecule has 3 N–H and O–H groups in total. The zero-order valence-electron chi connectivity index (χ0n) is 11.8. The average molecular weight is 326 g/mol. The van der Waals surface area contributed by atoms with E-state index in [0.717, 1.165) is 0 Å². The maximum Gasteiger partial charge on any atom is 0.411 e. The van der Waals surface area contributed by atoms with Crippen molar-refractivity contribution in [3.8, 4) is 0 Å². The summed E-state index contributed by atoms with van der Waals surface area (Å²) in [6.45, 7) is -1.47. The average Bonchev–Trinajstić information content (AvgIpc) is 2.48. The number of hydrogen-bond acceptors (Lipinski definition) is 5. The highest BCUT2D eigenvalue weighted by Gasteiger charge is 2.27. The van der Waals surface area contributed by atoms with E-state index in [1.54, 1.807) is 24.3 Å². The number of halogens is 3. The van der Waals surface area contributed by atoms with E-state index in [0.29, 0.717) is 11.3 Å². The van der Waals surface area contributed by atoms with Gasteiger partial charge >= 0.3 is 6.18 Å². The highest BCUT2D eigenvalue weighted by molar-refractivity contribution is 6.02. The molecule has 0 unspecified atom stereocenters. The molecule has 122 valence electrons. The fourth-order valence-corrected chi connectivity index (χ4v) is 1.62. The predicted octanol–water partition coefficient (Wildman–Crippen LogP) is 2.39. The molecule has 9 heteroatoms. The number of anilines is 2. The Kier molecular flexibility index (Phi) is 5.12. The molecule has 1 heterocycles. The molecule has 0 aliphatic rings. The maximum atomic E-state index is 12.0. The first-order valence-corrected chi connectivity index (χ1v) is 6.46. The van der Waals surface area contributed by atoms with Crippen LogP contribution < -0.4 is 11.1 Å². The third-order valence-corrected chi connectivity index (χ3v) is 2.65. The first-order chi connectivity index (χ1) is 10.8. The van der Waals surface area contributed by atoms with Gasteiger partial charge in [0.25, 0.3) is 5.91 Å². The van der Waals surface area contributed by atoms with E-state index in [1.807, 2.05) is 0 Å². The molecule has 0 aliphatic heterocycles. The number of ether oxygens (including phenoxy) is 1. The summed E-state index contributed by atoms with van der Waals surface area (Å²) >= 11 is 0. The van der Waals surface area contributed by atoms with Crippen molar-refractivity contribution in [3.63, 3.8) is 0 Å². The van der Waals surface area contributed by atoms with Gasteiger partial charge in [-0.05, 0) is 17.7 Å². The Labute approximate surface area is 129 Å². The molecular weight excluding hydrogens is 313 g/mol. The Morgan fingerprint density at radius 1 is 1.17 bits per heavy atom. The number of nitrogen functional groups attached to an aromatic ring is 1. The molecule has 23 heavy (non-hydrogen) atoms. The fourth-order valence-electron chi connectivity index (χ4n) is 1.62. The number of alkyl halides is 3. The monoisotopic (exact) mass is 326 g/mol. The summed E-state index contributed by atoms with van der Waals surface area (Å²) in [5.74, 6) is -0.275. The molecule has 2 aromatic rings. The van der Waals surface area contributed by atoms with Gasteiger partial charge in [-0.2, -0.15) is 13.2 Å². The number of hydrogen-bond donors (Lipinski definition) is 2. The minimum Gasteiger partial charge on any atom is -0.382 e. The third kappa shape index (κ3) is 5.55. The second-order valence-electron chi connectivity index (χ2n) is 4.59. The largest absolute Gasteiger partial charge is 0.411 e. The number of aromatic nitrogens is 2. The van der Waals surface area contributed by atoms with Gasteiger partial charge in [0.05, 0.1) is 19.0 Å². The Hall–Kier alpha value is -2.68. The van der Waals surface area contributed by atoms with Crippen LogP contribution in [0, 0.1) is 0 Å². The van der Waals surface area contributed by atoms with Gasteiger partial charge in [-0.3, -0.25) is 4.79 Å². The van der Waals surface area contributed by atoms with Crippen molar-refractivity contribution in [2.75, 3.05) is 17.7 Å². The summed E-state index contributed by atoms with van der Waals surface area (Å²) in [4.78, 5) is 19.5. The van der Waals surface area contributed by atoms with Gasteiger partial charge in [-0.15, -0.1) is 0 Å². The lowest BCUT2D eigenvalue weighted by atomic mass is 10.2. The van der Waals surface area contributed by atoms with Gasteiger partial charge in [-0.1, -0.05) is 12.1 Å². The van der Waals surface area contributed by atoms with E-state index in [4.69, 9.17) is 5.73 Å². The molecular formula is C14H13F3N4O2. The molecule has 0 radical (unpaired) electrons. The lowest BCUT2D eigenvalue weighted by Crippen LogP contribution is -2.16. The van der Waals surface area contributed by atoms with E-state index < -0.39 is 18.7 Å². The Bertz CT molecular complexity index is 657. The number of nitrogens with one attached hydrogen (secondary N) is 1. The standard InChI is InChI=1S/C14H13F3N4O2/c15-14(16,17)8-23-7-9-1-3-10(4-2-9)21-13(22)11-5-20-12(18)6-19-11/h1-6H,7-8H2,(H2,18,20)(H,21,22). The van der Waals surface area contributed by atoms with Gasteiger partial charge in [0.15, 0.2) is 0 Å². The molecule has 0 aliphatic carbocycles. The highest BCUT2D eigenvalue weighted by Crippen LogP contribution is 2.16. The number of carbonyl (C=O) groups is 1. The first-order valence-electron chi connectivity index (χ1n) is 6.46. The molecule has 0 spiro atoms. The number of carbonyl (C=O) groups excluding carboxylic acids is 1. The van der Waals surface area contributed by atoms with Crippen LogP contribution in [-0.2, 0) is 11.3 Å². The number of rotatable bonds is 5. The van der Waals surface area contributed by atoms with E-state index in [1.165, 1.54) is 12.4 Å². The number of nitrogens with two attached hydrogens (primary N) is 1. The van der Waals surface area contributed by atoms with Crippen LogP contribution in [0.3, 0.4) is 0 Å². The second-order valence-corrected chi connectivity index (χ2v) is 4.59. The van der Waals surface area contributed by atoms with E-state index in [-0.39, 0.29) is 18.1 Å². The molecule has 1 amide bonds. The van der Waals surface area contributed by atoms with Crippen molar-refractivity contribution in [2.24, 2.45) is 0 Å². The molecule has 0 atom stereocenters. The van der Waals surface area contributed by atoms with Crippen molar-refractivity contribution in [2.45, 2.75) is 12.8 Å². The van der Waals surface area contributed by atoms with E-state index in [2.05, 4.69) is 20.0 Å². The summed E-state index contributed by atoms with van der Waals surface area (Å²) in [5, 5.41) is 2.58. The second kappa shape index (κ2) is 7.05. The minimum atomic E-state index is -4.35. The smallest absolute Gasteiger partial charge is 0.382 e. The summed E-state index contributed by atoms with van der Waals surface area (Å²) in [5.41, 5.74) is 6.49. The van der Waals surface area contributed by atoms with Gasteiger partial charge in [-0.25, -0.2) is 9.97 Å². The van der Waals surface area contributed by atoms with Crippen molar-refractivity contribution in [1.29, 1.82) is 0 Å². The Morgan fingerprint density at radius 2 is 1.87 bits per heavy atom. The summed E-state index contributed by atoms with van der Waals surface area (Å²) in [7, 11) is 0. The maximum absolute atomic E-state index is 12.0. The highest BCUT2D eigenvalue weighted by atomic mass is 19.4. The van der Waals surface area contributed by atoms with Gasteiger partial charge in [0, 0.05) is 5.69 Å². The summed E-state index contributed by atoms with van der Waals surface area (Å²) in [6.07, 6.45) is -1.85. The number of amides is 1. The van der Waals surface area contributed by atoms with E-state index in [9.17, 15) is 18.0 Å². The third-order valence-electron chi connectivity index (χ3n) is 2.65. The Morgan fingerprint density at radius 3 is 2.43 bits per heavy atom. The summed E-state index contributed by atoms with van der Waals surface area (Å²) < 4.78 is 40.4. The number of benzene rings is 1. The SMILES string of the molecule is Nc1cnc(C(=O)Nc2ccc(COCC(F)(F)F)cc2)cn1. The molecule has 1 aromatic carbocycles. The van der Waals surface area contributed by atoms with Crippen LogP contribution in [0.2, 0.25) is 0 Å². The topological polar surface area (TPSA) is 90.1 Å². The van der Waals surface area contributed by atoms with E-state index >= 15 is 0 Å². The molecule has 6 nitrogen and oxygen atoms in total. The molecule has 1 aromatic heterocycles. The van der Waals surface area contributed by atoms with Crippen LogP contribution in [0.5, 0.6) is 0 Å². The lowest BCUT2D eigenvalue weighted by molar-refractivity contribution is -0.176. The van der Waals surface area contributed by atoms with Crippen LogP contribution in [0.1, 0.15) is 16.1 Å². The molecule has 0 fully saturated rings. The van der Waals surface area contributed by atoms with Crippen molar-refractivity contribution < 1.29 is 22.7 Å². The molecule has 0 saturated heterocycles. The normalized spacial score (nSPS) is 11.3. The van der Waals surface area contributed by atoms with Gasteiger partial charge in [0.1, 0.15) is 18.1 Å².